The fourth-order valence-corrected chi connectivity index (χ4v) is 0.476. The highest BCUT2D eigenvalue weighted by Crippen LogP contribution is 2.17. The summed E-state index contributed by atoms with van der Waals surface area (Å²) in [5.74, 6) is 0. The van der Waals surface area contributed by atoms with Gasteiger partial charge in [-0.3, -0.25) is 5.50 Å². The first-order valence-corrected chi connectivity index (χ1v) is 3.41. The minimum atomic E-state index is -1.69. The lowest BCUT2D eigenvalue weighted by molar-refractivity contribution is 0.147. The first kappa shape index (κ1) is 8.27. The van der Waals surface area contributed by atoms with Crippen molar-refractivity contribution in [1.82, 2.24) is 0 Å². The van der Waals surface area contributed by atoms with E-state index in [1.165, 1.54) is 0 Å². The number of rotatable bonds is 4. The van der Waals surface area contributed by atoms with Crippen LogP contribution in [0.2, 0.25) is 0 Å². The molecule has 0 saturated heterocycles. The van der Waals surface area contributed by atoms with Gasteiger partial charge in [0, 0.05) is 7.11 Å². The van der Waals surface area contributed by atoms with Gasteiger partial charge in [-0.1, -0.05) is 0 Å². The molecule has 0 heterocycles. The van der Waals surface area contributed by atoms with E-state index in [4.69, 9.17) is 10.4 Å². The molecule has 50 valence electrons. The Balaban J connectivity index is 2.72. The lowest BCUT2D eigenvalue weighted by atomic mass is 10.8. The minimum Gasteiger partial charge on any atom is -0.382 e. The lowest BCUT2D eigenvalue weighted by Crippen LogP contribution is -2.00. The lowest BCUT2D eigenvalue weighted by Gasteiger charge is -2.02. The predicted octanol–water partition coefficient (Wildman–Crippen LogP) is -0.173. The van der Waals surface area contributed by atoms with Crippen molar-refractivity contribution in [2.24, 2.45) is 5.50 Å². The van der Waals surface area contributed by atoms with Gasteiger partial charge < -0.3 is 14.2 Å². The van der Waals surface area contributed by atoms with Crippen LogP contribution in [-0.2, 0) is 9.26 Å². The Kier molecular flexibility index (Phi) is 5.59. The molecule has 0 spiro atoms. The fourth-order valence-electron chi connectivity index (χ4n) is 0.214. The molecule has 0 bridgehead atoms. The molecule has 0 amide bonds. The van der Waals surface area contributed by atoms with Crippen LogP contribution in [0.5, 0.6) is 0 Å². The third kappa shape index (κ3) is 6.27. The van der Waals surface area contributed by atoms with Gasteiger partial charge in [0.1, 0.15) is 0 Å². The van der Waals surface area contributed by atoms with Gasteiger partial charge in [0.2, 0.25) is 8.53 Å². The van der Waals surface area contributed by atoms with E-state index in [0.717, 1.165) is 0 Å². The number of nitrogens with two attached hydrogens (primary N) is 1. The molecule has 0 fully saturated rings. The van der Waals surface area contributed by atoms with Crippen LogP contribution in [0.15, 0.2) is 0 Å². The summed E-state index contributed by atoms with van der Waals surface area (Å²) in [6, 6.07) is 0. The van der Waals surface area contributed by atoms with Crippen molar-refractivity contribution < 1.29 is 14.2 Å². The third-order valence-electron chi connectivity index (χ3n) is 0.511. The summed E-state index contributed by atoms with van der Waals surface area (Å²) in [5, 5.41) is 0. The summed E-state index contributed by atoms with van der Waals surface area (Å²) in [7, 11) is -0.137. The van der Waals surface area contributed by atoms with Crippen LogP contribution in [0.3, 0.4) is 0 Å². The van der Waals surface area contributed by atoms with E-state index in [2.05, 4.69) is 9.26 Å². The molecule has 4 nitrogen and oxygen atoms in total. The van der Waals surface area contributed by atoms with E-state index in [1.54, 1.807) is 7.11 Å². The minimum absolute atomic E-state index is 0.356. The second-order valence-corrected chi connectivity index (χ2v) is 1.99. The fraction of sp³-hybridized carbons (Fsp3) is 1.00. The molecule has 0 saturated carbocycles. The topological polar surface area (TPSA) is 64.7 Å². The molecule has 3 N–H and O–H groups in total. The largest absolute Gasteiger partial charge is 0.382 e. The van der Waals surface area contributed by atoms with Crippen molar-refractivity contribution in [3.8, 4) is 0 Å². The van der Waals surface area contributed by atoms with Crippen LogP contribution in [0.25, 0.3) is 0 Å². The van der Waals surface area contributed by atoms with Gasteiger partial charge in [0.05, 0.1) is 13.2 Å². The summed E-state index contributed by atoms with van der Waals surface area (Å²) in [6.45, 7) is 0.825. The molecule has 0 aliphatic heterocycles. The predicted molar refractivity (Wildman–Crippen MR) is 31.2 cm³/mol. The number of hydrogen-bond donors (Lipinski definition) is 2. The van der Waals surface area contributed by atoms with Gasteiger partial charge in [-0.15, -0.1) is 0 Å². The van der Waals surface area contributed by atoms with Gasteiger partial charge in [-0.25, -0.2) is 0 Å². The average molecular weight is 139 g/mol. The first-order valence-electron chi connectivity index (χ1n) is 2.13. The Morgan fingerprint density at radius 3 is 2.62 bits per heavy atom. The maximum Gasteiger partial charge on any atom is 0.250 e. The summed E-state index contributed by atoms with van der Waals surface area (Å²) in [6.07, 6.45) is 0. The summed E-state index contributed by atoms with van der Waals surface area (Å²) >= 11 is 0. The second-order valence-electron chi connectivity index (χ2n) is 1.13. The highest BCUT2D eigenvalue weighted by Gasteiger charge is 1.92. The van der Waals surface area contributed by atoms with E-state index in [9.17, 15) is 0 Å². The molecule has 8 heavy (non-hydrogen) atoms. The highest BCUT2D eigenvalue weighted by molar-refractivity contribution is 7.43. The van der Waals surface area contributed by atoms with Crippen molar-refractivity contribution in [2.45, 2.75) is 0 Å². The van der Waals surface area contributed by atoms with Gasteiger partial charge in [0.15, 0.2) is 0 Å². The Morgan fingerprint density at radius 2 is 2.25 bits per heavy atom. The maximum atomic E-state index is 8.34. The average Bonchev–Trinajstić information content (AvgIpc) is 1.66. The summed E-state index contributed by atoms with van der Waals surface area (Å²) in [4.78, 5) is 8.34. The molecule has 0 radical (unpaired) electrons. The maximum absolute atomic E-state index is 8.34. The van der Waals surface area contributed by atoms with Crippen LogP contribution in [-0.4, -0.2) is 25.2 Å². The molecule has 0 unspecified atom stereocenters. The van der Waals surface area contributed by atoms with E-state index >= 15 is 0 Å². The molecule has 0 aromatic carbocycles. The van der Waals surface area contributed by atoms with E-state index in [-0.39, 0.29) is 0 Å². The molecular weight excluding hydrogens is 129 g/mol. The Hall–Kier alpha value is 0.270. The SMILES string of the molecule is COCCO[P@](N)O. The van der Waals surface area contributed by atoms with Crippen LogP contribution in [0, 0.1) is 0 Å². The number of methoxy groups -OCH3 is 1. The van der Waals surface area contributed by atoms with Crippen molar-refractivity contribution in [2.75, 3.05) is 20.3 Å². The molecule has 0 aliphatic carbocycles. The van der Waals surface area contributed by atoms with Crippen molar-refractivity contribution >= 4 is 8.53 Å². The molecule has 0 rings (SSSR count). The van der Waals surface area contributed by atoms with Crippen LogP contribution >= 0.6 is 8.53 Å². The molecule has 5 heteroatoms. The van der Waals surface area contributed by atoms with E-state index in [0.29, 0.717) is 13.2 Å². The van der Waals surface area contributed by atoms with Gasteiger partial charge >= 0.3 is 0 Å². The highest BCUT2D eigenvalue weighted by atomic mass is 31.2. The van der Waals surface area contributed by atoms with Crippen molar-refractivity contribution in [3.63, 3.8) is 0 Å². The zero-order chi connectivity index (χ0) is 6.41. The van der Waals surface area contributed by atoms with E-state index in [1.807, 2.05) is 0 Å². The van der Waals surface area contributed by atoms with E-state index < -0.39 is 8.53 Å². The molecule has 1 atom stereocenters. The summed E-state index contributed by atoms with van der Waals surface area (Å²) in [5.41, 5.74) is 4.88. The summed E-state index contributed by atoms with van der Waals surface area (Å²) < 4.78 is 9.17. The Bertz CT molecular complexity index is 51.8. The van der Waals surface area contributed by atoms with Crippen LogP contribution < -0.4 is 5.50 Å². The van der Waals surface area contributed by atoms with Crippen molar-refractivity contribution in [3.05, 3.63) is 0 Å². The first-order chi connectivity index (χ1) is 3.77. The van der Waals surface area contributed by atoms with Gasteiger partial charge in [0.25, 0.3) is 0 Å². The molecule has 0 aromatic rings. The van der Waals surface area contributed by atoms with Gasteiger partial charge in [-0.2, -0.15) is 0 Å². The zero-order valence-corrected chi connectivity index (χ0v) is 5.60. The number of ether oxygens (including phenoxy) is 1. The Labute approximate surface area is 49.6 Å². The zero-order valence-electron chi connectivity index (χ0n) is 4.70. The quantitative estimate of drug-likeness (QED) is 0.419. The van der Waals surface area contributed by atoms with Crippen molar-refractivity contribution in [1.29, 1.82) is 0 Å². The normalized spacial score (nSPS) is 13.9. The molecule has 0 aliphatic rings. The third-order valence-corrected chi connectivity index (χ3v) is 0.958. The smallest absolute Gasteiger partial charge is 0.250 e. The standard InChI is InChI=1S/C3H10NO3P/c1-6-2-3-7-8(4)5/h5H,2-4H2,1H3/t8-/m1/s1. The number of hydrogen-bond acceptors (Lipinski definition) is 4. The van der Waals surface area contributed by atoms with Gasteiger partial charge in [-0.05, 0) is 0 Å². The molecule has 0 aromatic heterocycles. The monoisotopic (exact) mass is 139 g/mol. The van der Waals surface area contributed by atoms with Crippen LogP contribution in [0.4, 0.5) is 0 Å². The Morgan fingerprint density at radius 1 is 1.62 bits per heavy atom. The second kappa shape index (κ2) is 5.41. The molecular formula is C3H10NO3P. The van der Waals surface area contributed by atoms with Crippen LogP contribution in [0.1, 0.15) is 0 Å².